The topological polar surface area (TPSA) is 28.2 Å². The van der Waals surface area contributed by atoms with Gasteiger partial charge in [-0.3, -0.25) is 0 Å². The van der Waals surface area contributed by atoms with Crippen molar-refractivity contribution in [3.8, 4) is 0 Å². The van der Waals surface area contributed by atoms with E-state index in [-0.39, 0.29) is 0 Å². The molecule has 1 N–H and O–H groups in total. The molecule has 0 aromatic carbocycles. The van der Waals surface area contributed by atoms with E-state index in [9.17, 15) is 0 Å². The molecule has 2 rings (SSSR count). The summed E-state index contributed by atoms with van der Waals surface area (Å²) in [4.78, 5) is 6.82. The maximum Gasteiger partial charge on any atom is 0.128 e. The molecule has 0 saturated heterocycles. The van der Waals surface area contributed by atoms with Gasteiger partial charge in [-0.05, 0) is 50.7 Å². The van der Waals surface area contributed by atoms with E-state index in [1.54, 1.807) is 0 Å². The van der Waals surface area contributed by atoms with E-state index in [0.29, 0.717) is 6.04 Å². The summed E-state index contributed by atoms with van der Waals surface area (Å²) in [7, 11) is 0. The number of aromatic nitrogens is 1. The van der Waals surface area contributed by atoms with Gasteiger partial charge in [0.1, 0.15) is 5.82 Å². The van der Waals surface area contributed by atoms with E-state index in [2.05, 4.69) is 55.0 Å². The molecule has 0 atom stereocenters. The molecular formula is C16H27N3. The van der Waals surface area contributed by atoms with Crippen LogP contribution in [-0.4, -0.2) is 24.1 Å². The van der Waals surface area contributed by atoms with Crippen LogP contribution in [0.1, 0.15) is 40.5 Å². The molecule has 1 saturated carbocycles. The number of hydrogen-bond acceptors (Lipinski definition) is 3. The van der Waals surface area contributed by atoms with Gasteiger partial charge in [0.15, 0.2) is 0 Å². The molecule has 1 fully saturated rings. The van der Waals surface area contributed by atoms with Gasteiger partial charge >= 0.3 is 0 Å². The van der Waals surface area contributed by atoms with Gasteiger partial charge < -0.3 is 10.2 Å². The fourth-order valence-corrected chi connectivity index (χ4v) is 2.77. The SMILES string of the molecule is CCN(CC)c1ccc(NC2CC(C(C)C)C2)cn1. The third kappa shape index (κ3) is 3.40. The van der Waals surface area contributed by atoms with Gasteiger partial charge in [0, 0.05) is 19.1 Å². The van der Waals surface area contributed by atoms with E-state index in [4.69, 9.17) is 0 Å². The number of pyridine rings is 1. The van der Waals surface area contributed by atoms with Crippen LogP contribution in [-0.2, 0) is 0 Å². The molecule has 0 amide bonds. The van der Waals surface area contributed by atoms with Crippen LogP contribution in [0.5, 0.6) is 0 Å². The third-order valence-electron chi connectivity index (χ3n) is 4.32. The monoisotopic (exact) mass is 261 g/mol. The lowest BCUT2D eigenvalue weighted by Crippen LogP contribution is -2.37. The van der Waals surface area contributed by atoms with Crippen molar-refractivity contribution < 1.29 is 0 Å². The Hall–Kier alpha value is -1.25. The Bertz CT molecular complexity index is 375. The fraction of sp³-hybridized carbons (Fsp3) is 0.688. The Kier molecular flexibility index (Phi) is 4.67. The third-order valence-corrected chi connectivity index (χ3v) is 4.32. The lowest BCUT2D eigenvalue weighted by atomic mass is 9.73. The second-order valence-electron chi connectivity index (χ2n) is 5.89. The van der Waals surface area contributed by atoms with Gasteiger partial charge in [-0.25, -0.2) is 4.98 Å². The van der Waals surface area contributed by atoms with Gasteiger partial charge in [0.05, 0.1) is 11.9 Å². The van der Waals surface area contributed by atoms with Crippen LogP contribution < -0.4 is 10.2 Å². The highest BCUT2D eigenvalue weighted by Gasteiger charge is 2.30. The summed E-state index contributed by atoms with van der Waals surface area (Å²) in [6, 6.07) is 4.92. The van der Waals surface area contributed by atoms with Crippen molar-refractivity contribution in [1.29, 1.82) is 0 Å². The summed E-state index contributed by atoms with van der Waals surface area (Å²) in [6.45, 7) is 11.0. The minimum absolute atomic E-state index is 0.647. The first-order chi connectivity index (χ1) is 9.13. The van der Waals surface area contributed by atoms with E-state index in [0.717, 1.165) is 36.4 Å². The number of nitrogens with zero attached hydrogens (tertiary/aromatic N) is 2. The molecule has 0 aliphatic heterocycles. The zero-order valence-corrected chi connectivity index (χ0v) is 12.7. The molecule has 3 nitrogen and oxygen atoms in total. The van der Waals surface area contributed by atoms with Crippen molar-refractivity contribution in [2.75, 3.05) is 23.3 Å². The highest BCUT2D eigenvalue weighted by Crippen LogP contribution is 2.35. The largest absolute Gasteiger partial charge is 0.381 e. The van der Waals surface area contributed by atoms with Crippen molar-refractivity contribution in [3.05, 3.63) is 18.3 Å². The lowest BCUT2D eigenvalue weighted by Gasteiger charge is -2.39. The molecule has 1 heterocycles. The van der Waals surface area contributed by atoms with Gasteiger partial charge in [-0.2, -0.15) is 0 Å². The summed E-state index contributed by atoms with van der Waals surface area (Å²) in [5.74, 6) is 2.80. The smallest absolute Gasteiger partial charge is 0.128 e. The summed E-state index contributed by atoms with van der Waals surface area (Å²) in [5.41, 5.74) is 1.16. The number of hydrogen-bond donors (Lipinski definition) is 1. The Balaban J connectivity index is 1.86. The average molecular weight is 261 g/mol. The van der Waals surface area contributed by atoms with Crippen LogP contribution in [0, 0.1) is 11.8 Å². The van der Waals surface area contributed by atoms with Crippen LogP contribution in [0.4, 0.5) is 11.5 Å². The molecule has 106 valence electrons. The number of anilines is 2. The second-order valence-corrected chi connectivity index (χ2v) is 5.89. The first-order valence-electron chi connectivity index (χ1n) is 7.61. The zero-order valence-electron chi connectivity index (χ0n) is 12.7. The maximum absolute atomic E-state index is 4.55. The first-order valence-corrected chi connectivity index (χ1v) is 7.61. The molecule has 0 bridgehead atoms. The fourth-order valence-electron chi connectivity index (χ4n) is 2.77. The predicted molar refractivity (Wildman–Crippen MR) is 82.8 cm³/mol. The molecule has 1 aromatic heterocycles. The quantitative estimate of drug-likeness (QED) is 0.845. The van der Waals surface area contributed by atoms with Crippen molar-refractivity contribution >= 4 is 11.5 Å². The molecule has 3 heteroatoms. The van der Waals surface area contributed by atoms with Crippen LogP contribution in [0.15, 0.2) is 18.3 Å². The highest BCUT2D eigenvalue weighted by molar-refractivity contribution is 5.49. The lowest BCUT2D eigenvalue weighted by molar-refractivity contribution is 0.212. The van der Waals surface area contributed by atoms with Crippen molar-refractivity contribution in [1.82, 2.24) is 4.98 Å². The van der Waals surface area contributed by atoms with Crippen molar-refractivity contribution in [3.63, 3.8) is 0 Å². The van der Waals surface area contributed by atoms with Crippen LogP contribution in [0.25, 0.3) is 0 Å². The van der Waals surface area contributed by atoms with E-state index >= 15 is 0 Å². The van der Waals surface area contributed by atoms with Crippen molar-refractivity contribution in [2.24, 2.45) is 11.8 Å². The molecule has 19 heavy (non-hydrogen) atoms. The van der Waals surface area contributed by atoms with E-state index < -0.39 is 0 Å². The van der Waals surface area contributed by atoms with E-state index in [1.807, 2.05) is 6.20 Å². The zero-order chi connectivity index (χ0) is 13.8. The van der Waals surface area contributed by atoms with Crippen LogP contribution in [0.2, 0.25) is 0 Å². The van der Waals surface area contributed by atoms with Gasteiger partial charge in [-0.1, -0.05) is 13.8 Å². The average Bonchev–Trinajstić information content (AvgIpc) is 2.36. The van der Waals surface area contributed by atoms with Crippen molar-refractivity contribution in [2.45, 2.75) is 46.6 Å². The molecule has 0 unspecified atom stereocenters. The molecular weight excluding hydrogens is 234 g/mol. The Morgan fingerprint density at radius 2 is 1.95 bits per heavy atom. The highest BCUT2D eigenvalue weighted by atomic mass is 15.2. The second kappa shape index (κ2) is 6.27. The summed E-state index contributed by atoms with van der Waals surface area (Å²) in [5, 5.41) is 3.58. The molecule has 0 spiro atoms. The first kappa shape index (κ1) is 14.2. The maximum atomic E-state index is 4.55. The molecule has 1 aliphatic carbocycles. The molecule has 1 aromatic rings. The molecule has 1 aliphatic rings. The number of rotatable bonds is 6. The Labute approximate surface area is 117 Å². The van der Waals surface area contributed by atoms with Crippen LogP contribution in [0.3, 0.4) is 0 Å². The van der Waals surface area contributed by atoms with Gasteiger partial charge in [0.25, 0.3) is 0 Å². The summed E-state index contributed by atoms with van der Waals surface area (Å²) in [6.07, 6.45) is 4.57. The standard InChI is InChI=1S/C16H27N3/c1-5-19(6-2)16-8-7-14(11-17-16)18-15-9-13(10-15)12(3)4/h7-8,11-13,15,18H,5-6,9-10H2,1-4H3. The minimum Gasteiger partial charge on any atom is -0.381 e. The summed E-state index contributed by atoms with van der Waals surface area (Å²) >= 11 is 0. The predicted octanol–water partition coefficient (Wildman–Crippen LogP) is 3.77. The van der Waals surface area contributed by atoms with E-state index in [1.165, 1.54) is 12.8 Å². The van der Waals surface area contributed by atoms with Crippen LogP contribution >= 0.6 is 0 Å². The summed E-state index contributed by atoms with van der Waals surface area (Å²) < 4.78 is 0. The minimum atomic E-state index is 0.647. The Morgan fingerprint density at radius 3 is 2.42 bits per heavy atom. The number of nitrogens with one attached hydrogen (secondary N) is 1. The van der Waals surface area contributed by atoms with Gasteiger partial charge in [-0.15, -0.1) is 0 Å². The normalized spacial score (nSPS) is 22.2. The molecule has 0 radical (unpaired) electrons. The van der Waals surface area contributed by atoms with Gasteiger partial charge in [0.2, 0.25) is 0 Å². The Morgan fingerprint density at radius 1 is 1.26 bits per heavy atom.